The molecule has 1 rings (SSSR count). The number of dihydropyridines is 1. The Labute approximate surface area is 61.6 Å². The number of rotatable bonds is 2. The molecule has 0 bridgehead atoms. The number of nitrogens with one attached hydrogen (secondary N) is 1. The molecule has 0 aromatic rings. The summed E-state index contributed by atoms with van der Waals surface area (Å²) in [4.78, 5) is 0. The summed E-state index contributed by atoms with van der Waals surface area (Å²) in [5.74, 6) is 1.02. The Morgan fingerprint density at radius 1 is 1.70 bits per heavy atom. The molecule has 0 aromatic heterocycles. The van der Waals surface area contributed by atoms with Crippen LogP contribution in [0.1, 0.15) is 13.8 Å². The molecule has 0 aromatic carbocycles. The van der Waals surface area contributed by atoms with E-state index in [1.54, 1.807) is 0 Å². The zero-order chi connectivity index (χ0) is 7.40. The fourth-order valence-electron chi connectivity index (χ4n) is 0.909. The van der Waals surface area contributed by atoms with Gasteiger partial charge in [0, 0.05) is 0 Å². The largest absolute Gasteiger partial charge is 0.496 e. The van der Waals surface area contributed by atoms with Crippen molar-refractivity contribution >= 4 is 0 Å². The molecule has 0 amide bonds. The number of allylic oxidation sites excluding steroid dienone is 2. The molecule has 0 spiro atoms. The molecule has 1 N–H and O–H groups in total. The second-order valence-corrected chi connectivity index (χ2v) is 2.25. The third-order valence-electron chi connectivity index (χ3n) is 1.44. The zero-order valence-electron chi connectivity index (χ0n) is 6.42. The van der Waals surface area contributed by atoms with Crippen molar-refractivity contribution in [3.63, 3.8) is 0 Å². The molecule has 2 nitrogen and oxygen atoms in total. The van der Waals surface area contributed by atoms with E-state index in [2.05, 4.69) is 12.2 Å². The SMILES string of the molecule is CCOC1=CC=CNC1C. The van der Waals surface area contributed by atoms with Gasteiger partial charge in [0.1, 0.15) is 5.76 Å². The van der Waals surface area contributed by atoms with Crippen LogP contribution in [0.3, 0.4) is 0 Å². The van der Waals surface area contributed by atoms with Gasteiger partial charge >= 0.3 is 0 Å². The minimum Gasteiger partial charge on any atom is -0.496 e. The second-order valence-electron chi connectivity index (χ2n) is 2.25. The standard InChI is InChI=1S/C8H13NO/c1-3-10-8-5-4-6-9-7(8)2/h4-7,9H,3H2,1-2H3. The summed E-state index contributed by atoms with van der Waals surface area (Å²) in [6, 6.07) is 0.324. The van der Waals surface area contributed by atoms with Crippen molar-refractivity contribution in [2.45, 2.75) is 19.9 Å². The third-order valence-corrected chi connectivity index (χ3v) is 1.44. The number of hydrogen-bond acceptors (Lipinski definition) is 2. The van der Waals surface area contributed by atoms with Crippen molar-refractivity contribution in [1.82, 2.24) is 5.32 Å². The first-order valence-corrected chi connectivity index (χ1v) is 3.60. The van der Waals surface area contributed by atoms with Crippen LogP contribution in [0.25, 0.3) is 0 Å². The lowest BCUT2D eigenvalue weighted by atomic mass is 10.2. The minimum absolute atomic E-state index is 0.324. The first-order valence-electron chi connectivity index (χ1n) is 3.60. The van der Waals surface area contributed by atoms with Crippen LogP contribution < -0.4 is 5.32 Å². The van der Waals surface area contributed by atoms with Gasteiger partial charge in [0.25, 0.3) is 0 Å². The fraction of sp³-hybridized carbons (Fsp3) is 0.500. The van der Waals surface area contributed by atoms with Gasteiger partial charge in [-0.2, -0.15) is 0 Å². The van der Waals surface area contributed by atoms with Gasteiger partial charge in [-0.25, -0.2) is 0 Å². The van der Waals surface area contributed by atoms with Crippen molar-refractivity contribution in [3.05, 3.63) is 24.1 Å². The van der Waals surface area contributed by atoms with Crippen LogP contribution in [0.4, 0.5) is 0 Å². The van der Waals surface area contributed by atoms with Gasteiger partial charge in [-0.1, -0.05) is 0 Å². The van der Waals surface area contributed by atoms with Crippen molar-refractivity contribution < 1.29 is 4.74 Å². The summed E-state index contributed by atoms with van der Waals surface area (Å²) in [7, 11) is 0. The van der Waals surface area contributed by atoms with E-state index >= 15 is 0 Å². The second kappa shape index (κ2) is 3.30. The molecule has 1 heterocycles. The molecule has 1 atom stereocenters. The Bertz CT molecular complexity index is 161. The van der Waals surface area contributed by atoms with Crippen LogP contribution in [0.5, 0.6) is 0 Å². The quantitative estimate of drug-likeness (QED) is 0.624. The van der Waals surface area contributed by atoms with E-state index in [1.807, 2.05) is 25.3 Å². The monoisotopic (exact) mass is 139 g/mol. The van der Waals surface area contributed by atoms with Crippen molar-refractivity contribution in [2.75, 3.05) is 6.61 Å². The summed E-state index contributed by atoms with van der Waals surface area (Å²) in [6.45, 7) is 4.81. The van der Waals surface area contributed by atoms with E-state index in [9.17, 15) is 0 Å². The van der Waals surface area contributed by atoms with E-state index < -0.39 is 0 Å². The molecule has 0 aliphatic carbocycles. The Kier molecular flexibility index (Phi) is 2.37. The van der Waals surface area contributed by atoms with E-state index in [4.69, 9.17) is 4.74 Å². The summed E-state index contributed by atoms with van der Waals surface area (Å²) in [6.07, 6.45) is 5.86. The molecular formula is C8H13NO. The Morgan fingerprint density at radius 3 is 3.10 bits per heavy atom. The average Bonchev–Trinajstić information content (AvgIpc) is 1.94. The minimum atomic E-state index is 0.324. The number of hydrogen-bond donors (Lipinski definition) is 1. The van der Waals surface area contributed by atoms with Crippen molar-refractivity contribution in [2.24, 2.45) is 0 Å². The summed E-state index contributed by atoms with van der Waals surface area (Å²) < 4.78 is 5.34. The molecule has 2 heteroatoms. The van der Waals surface area contributed by atoms with Gasteiger partial charge in [-0.05, 0) is 32.2 Å². The molecule has 0 radical (unpaired) electrons. The fourth-order valence-corrected chi connectivity index (χ4v) is 0.909. The van der Waals surface area contributed by atoms with Gasteiger partial charge in [-0.15, -0.1) is 0 Å². The smallest absolute Gasteiger partial charge is 0.118 e. The summed E-state index contributed by atoms with van der Waals surface area (Å²) in [5, 5.41) is 3.14. The van der Waals surface area contributed by atoms with Crippen LogP contribution in [-0.2, 0) is 4.74 Å². The molecular weight excluding hydrogens is 126 g/mol. The summed E-state index contributed by atoms with van der Waals surface area (Å²) in [5.41, 5.74) is 0. The van der Waals surface area contributed by atoms with Gasteiger partial charge in [0.2, 0.25) is 0 Å². The molecule has 10 heavy (non-hydrogen) atoms. The molecule has 1 aliphatic rings. The van der Waals surface area contributed by atoms with Gasteiger partial charge in [-0.3, -0.25) is 0 Å². The Hall–Kier alpha value is -0.920. The van der Waals surface area contributed by atoms with Crippen LogP contribution in [-0.4, -0.2) is 12.6 Å². The average molecular weight is 139 g/mol. The molecule has 0 fully saturated rings. The van der Waals surface area contributed by atoms with Crippen LogP contribution in [0.2, 0.25) is 0 Å². The topological polar surface area (TPSA) is 21.3 Å². The lowest BCUT2D eigenvalue weighted by molar-refractivity contribution is 0.205. The Balaban J connectivity index is 2.52. The maximum absolute atomic E-state index is 5.34. The maximum atomic E-state index is 5.34. The first kappa shape index (κ1) is 7.19. The van der Waals surface area contributed by atoms with Gasteiger partial charge in [0.15, 0.2) is 0 Å². The van der Waals surface area contributed by atoms with E-state index in [0.29, 0.717) is 6.04 Å². The lowest BCUT2D eigenvalue weighted by Gasteiger charge is -2.18. The summed E-state index contributed by atoms with van der Waals surface area (Å²) >= 11 is 0. The predicted octanol–water partition coefficient (Wildman–Crippen LogP) is 1.41. The third kappa shape index (κ3) is 1.53. The zero-order valence-corrected chi connectivity index (χ0v) is 6.42. The molecule has 56 valence electrons. The van der Waals surface area contributed by atoms with E-state index in [0.717, 1.165) is 12.4 Å². The molecule has 0 saturated heterocycles. The van der Waals surface area contributed by atoms with Crippen LogP contribution in [0, 0.1) is 0 Å². The highest BCUT2D eigenvalue weighted by Gasteiger charge is 2.08. The van der Waals surface area contributed by atoms with Crippen molar-refractivity contribution in [3.8, 4) is 0 Å². The van der Waals surface area contributed by atoms with Gasteiger partial charge < -0.3 is 10.1 Å². The molecule has 1 unspecified atom stereocenters. The highest BCUT2D eigenvalue weighted by molar-refractivity contribution is 5.17. The van der Waals surface area contributed by atoms with Gasteiger partial charge in [0.05, 0.1) is 12.6 Å². The molecule has 0 saturated carbocycles. The maximum Gasteiger partial charge on any atom is 0.118 e. The van der Waals surface area contributed by atoms with E-state index in [1.165, 1.54) is 0 Å². The lowest BCUT2D eigenvalue weighted by Crippen LogP contribution is -2.26. The number of ether oxygens (including phenoxy) is 1. The highest BCUT2D eigenvalue weighted by atomic mass is 16.5. The Morgan fingerprint density at radius 2 is 2.50 bits per heavy atom. The predicted molar refractivity (Wildman–Crippen MR) is 41.4 cm³/mol. The van der Waals surface area contributed by atoms with Crippen molar-refractivity contribution in [1.29, 1.82) is 0 Å². The van der Waals surface area contributed by atoms with E-state index in [-0.39, 0.29) is 0 Å². The van der Waals surface area contributed by atoms with Crippen LogP contribution >= 0.6 is 0 Å². The molecule has 1 aliphatic heterocycles. The highest BCUT2D eigenvalue weighted by Crippen LogP contribution is 2.07. The van der Waals surface area contributed by atoms with Crippen LogP contribution in [0.15, 0.2) is 24.1 Å². The normalized spacial score (nSPS) is 23.4. The first-order chi connectivity index (χ1) is 4.84.